The molecular formula is C16H16F2N4O3. The maximum absolute atomic E-state index is 14.5. The summed E-state index contributed by atoms with van der Waals surface area (Å²) in [5.74, 6) is -1.39. The van der Waals surface area contributed by atoms with Crippen molar-refractivity contribution in [2.45, 2.75) is 25.0 Å². The highest BCUT2D eigenvalue weighted by Crippen LogP contribution is 2.52. The molecule has 2 aliphatic heterocycles. The number of amidine groups is 1. The van der Waals surface area contributed by atoms with Gasteiger partial charge in [0.2, 0.25) is 0 Å². The molecule has 1 saturated heterocycles. The molecule has 0 amide bonds. The third-order valence-electron chi connectivity index (χ3n) is 5.12. The summed E-state index contributed by atoms with van der Waals surface area (Å²) < 4.78 is 33.4. The Hall–Kier alpha value is -2.60. The van der Waals surface area contributed by atoms with Gasteiger partial charge < -0.3 is 10.5 Å². The summed E-state index contributed by atoms with van der Waals surface area (Å²) in [4.78, 5) is 14.8. The molecule has 2 N–H and O–H groups in total. The van der Waals surface area contributed by atoms with Crippen LogP contribution in [0.1, 0.15) is 18.9 Å². The van der Waals surface area contributed by atoms with Crippen LogP contribution in [0.25, 0.3) is 0 Å². The van der Waals surface area contributed by atoms with Crippen LogP contribution >= 0.6 is 0 Å². The van der Waals surface area contributed by atoms with E-state index in [-0.39, 0.29) is 30.1 Å². The summed E-state index contributed by atoms with van der Waals surface area (Å²) in [5, 5.41) is 20.5. The van der Waals surface area contributed by atoms with E-state index in [0.29, 0.717) is 0 Å². The Morgan fingerprint density at radius 3 is 2.92 bits per heavy atom. The van der Waals surface area contributed by atoms with Crippen molar-refractivity contribution in [3.05, 3.63) is 39.7 Å². The number of halogens is 2. The molecule has 0 aromatic heterocycles. The number of hydrogen-bond donors (Lipinski definition) is 1. The Balaban J connectivity index is 2.23. The number of hydrogen-bond acceptors (Lipinski definition) is 6. The van der Waals surface area contributed by atoms with Gasteiger partial charge in [0, 0.05) is 23.6 Å². The Kier molecular flexibility index (Phi) is 3.95. The van der Waals surface area contributed by atoms with Gasteiger partial charge in [0.05, 0.1) is 23.7 Å². The fourth-order valence-electron chi connectivity index (χ4n) is 3.61. The minimum absolute atomic E-state index is 0.0136. The number of fused-ring (bicyclic) bond motifs is 1. The van der Waals surface area contributed by atoms with Gasteiger partial charge in [-0.1, -0.05) is 0 Å². The van der Waals surface area contributed by atoms with Crippen LogP contribution in [0.4, 0.5) is 14.5 Å². The molecule has 1 fully saturated rings. The summed E-state index contributed by atoms with van der Waals surface area (Å²) in [5.41, 5.74) is 3.07. The molecule has 0 radical (unpaired) electrons. The largest absolute Gasteiger partial charge is 0.386 e. The van der Waals surface area contributed by atoms with E-state index in [1.54, 1.807) is 6.92 Å². The lowest BCUT2D eigenvalue weighted by Crippen LogP contribution is -2.50. The van der Waals surface area contributed by atoms with E-state index in [0.717, 1.165) is 18.2 Å². The summed E-state index contributed by atoms with van der Waals surface area (Å²) in [6, 6.07) is 5.17. The molecule has 4 atom stereocenters. The molecule has 25 heavy (non-hydrogen) atoms. The molecule has 0 saturated carbocycles. The Labute approximate surface area is 142 Å². The SMILES string of the molecule is C[C@@]1(C#N)C[C@@H]2[C@@H](CF)OC[C@]2(c2cc([N+](=O)[O-])ccc2F)N=C1N. The van der Waals surface area contributed by atoms with Gasteiger partial charge in [0.15, 0.2) is 0 Å². The van der Waals surface area contributed by atoms with Crippen molar-refractivity contribution < 1.29 is 18.4 Å². The number of nitro groups is 1. The van der Waals surface area contributed by atoms with Crippen LogP contribution in [-0.2, 0) is 10.3 Å². The van der Waals surface area contributed by atoms with Crippen LogP contribution < -0.4 is 5.73 Å². The first-order valence-corrected chi connectivity index (χ1v) is 7.66. The summed E-state index contributed by atoms with van der Waals surface area (Å²) in [7, 11) is 0. The first-order chi connectivity index (χ1) is 11.8. The fourth-order valence-corrected chi connectivity index (χ4v) is 3.61. The van der Waals surface area contributed by atoms with Gasteiger partial charge in [-0.15, -0.1) is 0 Å². The van der Waals surface area contributed by atoms with Crippen molar-refractivity contribution in [1.82, 2.24) is 0 Å². The molecule has 0 unspecified atom stereocenters. The average molecular weight is 350 g/mol. The number of benzene rings is 1. The number of aliphatic imine (C=N–C) groups is 1. The Morgan fingerprint density at radius 2 is 2.32 bits per heavy atom. The number of ether oxygens (including phenoxy) is 1. The van der Waals surface area contributed by atoms with E-state index in [1.165, 1.54) is 0 Å². The minimum Gasteiger partial charge on any atom is -0.386 e. The lowest BCUT2D eigenvalue weighted by molar-refractivity contribution is -0.385. The second-order valence-corrected chi connectivity index (χ2v) is 6.60. The van der Waals surface area contributed by atoms with Crippen molar-refractivity contribution in [2.75, 3.05) is 13.3 Å². The molecule has 132 valence electrons. The predicted octanol–water partition coefficient (Wildman–Crippen LogP) is 2.20. The maximum atomic E-state index is 14.5. The van der Waals surface area contributed by atoms with Crippen molar-refractivity contribution in [3.63, 3.8) is 0 Å². The number of nitro benzene ring substituents is 1. The molecule has 2 heterocycles. The van der Waals surface area contributed by atoms with Gasteiger partial charge in [-0.05, 0) is 19.4 Å². The third-order valence-corrected chi connectivity index (χ3v) is 5.12. The second kappa shape index (κ2) is 5.74. The van der Waals surface area contributed by atoms with E-state index in [9.17, 15) is 24.2 Å². The van der Waals surface area contributed by atoms with Crippen LogP contribution in [0.2, 0.25) is 0 Å². The summed E-state index contributed by atoms with van der Waals surface area (Å²) >= 11 is 0. The number of nitrogens with zero attached hydrogens (tertiary/aromatic N) is 3. The van der Waals surface area contributed by atoms with Crippen LogP contribution in [0.5, 0.6) is 0 Å². The number of rotatable bonds is 3. The van der Waals surface area contributed by atoms with Gasteiger partial charge in [-0.25, -0.2) is 8.78 Å². The van der Waals surface area contributed by atoms with Gasteiger partial charge in [-0.3, -0.25) is 15.1 Å². The number of alkyl halides is 1. The summed E-state index contributed by atoms with van der Waals surface area (Å²) in [6.07, 6.45) is -0.765. The highest BCUT2D eigenvalue weighted by atomic mass is 19.1. The molecule has 0 aliphatic carbocycles. The first kappa shape index (κ1) is 17.2. The van der Waals surface area contributed by atoms with Crippen LogP contribution in [0, 0.1) is 38.6 Å². The molecule has 2 aliphatic rings. The number of nitriles is 1. The van der Waals surface area contributed by atoms with Crippen LogP contribution in [0.15, 0.2) is 23.2 Å². The average Bonchev–Trinajstić information content (AvgIpc) is 2.93. The quantitative estimate of drug-likeness (QED) is 0.663. The van der Waals surface area contributed by atoms with Gasteiger partial charge >= 0.3 is 0 Å². The lowest BCUT2D eigenvalue weighted by atomic mass is 9.66. The van der Waals surface area contributed by atoms with Gasteiger partial charge in [-0.2, -0.15) is 5.26 Å². The normalized spacial score (nSPS) is 34.1. The fraction of sp³-hybridized carbons (Fsp3) is 0.500. The van der Waals surface area contributed by atoms with E-state index >= 15 is 0 Å². The molecule has 3 rings (SSSR count). The molecular weight excluding hydrogens is 334 g/mol. The van der Waals surface area contributed by atoms with E-state index in [1.807, 2.05) is 0 Å². The van der Waals surface area contributed by atoms with Crippen LogP contribution in [-0.4, -0.2) is 30.1 Å². The molecule has 0 spiro atoms. The van der Waals surface area contributed by atoms with Gasteiger partial charge in [0.1, 0.15) is 29.3 Å². The van der Waals surface area contributed by atoms with Crippen LogP contribution in [0.3, 0.4) is 0 Å². The van der Waals surface area contributed by atoms with E-state index < -0.39 is 40.4 Å². The standard InChI is InChI=1S/C16H16F2N4O3/c1-15(7-19)5-11-13(6-17)25-8-16(11,21-14(15)20)10-4-9(22(23)24)2-3-12(10)18/h2-4,11,13H,5-6,8H2,1H3,(H2,20,21)/t11-,13-,15+,16-/m1/s1. The monoisotopic (exact) mass is 350 g/mol. The van der Waals surface area contributed by atoms with Crippen molar-refractivity contribution in [3.8, 4) is 6.07 Å². The highest BCUT2D eigenvalue weighted by Gasteiger charge is 2.58. The molecule has 1 aromatic carbocycles. The van der Waals surface area contributed by atoms with E-state index in [4.69, 9.17) is 10.5 Å². The smallest absolute Gasteiger partial charge is 0.270 e. The molecule has 9 heteroatoms. The molecule has 0 bridgehead atoms. The van der Waals surface area contributed by atoms with Gasteiger partial charge in [0.25, 0.3) is 5.69 Å². The lowest BCUT2D eigenvalue weighted by Gasteiger charge is -2.41. The number of non-ortho nitro benzene ring substituents is 1. The third kappa shape index (κ3) is 2.44. The van der Waals surface area contributed by atoms with Crippen molar-refractivity contribution in [2.24, 2.45) is 22.1 Å². The zero-order chi connectivity index (χ0) is 18.4. The molecule has 1 aromatic rings. The molecule has 7 nitrogen and oxygen atoms in total. The van der Waals surface area contributed by atoms with Crippen molar-refractivity contribution in [1.29, 1.82) is 5.26 Å². The predicted molar refractivity (Wildman–Crippen MR) is 83.9 cm³/mol. The van der Waals surface area contributed by atoms with E-state index in [2.05, 4.69) is 11.1 Å². The topological polar surface area (TPSA) is 115 Å². The Morgan fingerprint density at radius 1 is 1.60 bits per heavy atom. The Bertz CT molecular complexity index is 809. The minimum atomic E-state index is -1.38. The first-order valence-electron chi connectivity index (χ1n) is 7.66. The van der Waals surface area contributed by atoms with Crippen molar-refractivity contribution >= 4 is 11.5 Å². The maximum Gasteiger partial charge on any atom is 0.270 e. The highest BCUT2D eigenvalue weighted by molar-refractivity contribution is 5.90. The zero-order valence-electron chi connectivity index (χ0n) is 13.4. The second-order valence-electron chi connectivity index (χ2n) is 6.60. The zero-order valence-corrected chi connectivity index (χ0v) is 13.4. The number of nitrogens with two attached hydrogens (primary N) is 1. The summed E-state index contributed by atoms with van der Waals surface area (Å²) in [6.45, 7) is 0.583.